The number of nitrogens with one attached hydrogen (secondary N) is 1. The maximum atomic E-state index is 12.3. The quantitative estimate of drug-likeness (QED) is 0.625. The minimum atomic E-state index is -0.260. The SMILES string of the molecule is CN(CC(=O)NCc1ccco1)C(=O)CCc1ncc(-c2ccccc2Cl)o1. The van der Waals surface area contributed by atoms with Gasteiger partial charge in [-0.2, -0.15) is 0 Å². The molecular formula is C20H20ClN3O4. The molecule has 0 atom stereocenters. The molecule has 3 aromatic rings. The van der Waals surface area contributed by atoms with Gasteiger partial charge in [0.05, 0.1) is 30.6 Å². The number of carbonyl (C=O) groups is 2. The summed E-state index contributed by atoms with van der Waals surface area (Å²) >= 11 is 6.15. The highest BCUT2D eigenvalue weighted by atomic mass is 35.5. The van der Waals surface area contributed by atoms with Crippen LogP contribution in [-0.4, -0.2) is 35.3 Å². The van der Waals surface area contributed by atoms with E-state index in [1.54, 1.807) is 31.4 Å². The molecule has 2 heterocycles. The molecule has 0 fully saturated rings. The number of likely N-dealkylation sites (N-methyl/N-ethyl adjacent to an activating group) is 1. The fraction of sp³-hybridized carbons (Fsp3) is 0.250. The van der Waals surface area contributed by atoms with Crippen LogP contribution in [0.25, 0.3) is 11.3 Å². The number of hydrogen-bond donors (Lipinski definition) is 1. The third-order valence-electron chi connectivity index (χ3n) is 4.09. The van der Waals surface area contributed by atoms with Crippen LogP contribution >= 0.6 is 11.6 Å². The van der Waals surface area contributed by atoms with Crippen molar-refractivity contribution in [3.05, 3.63) is 65.5 Å². The van der Waals surface area contributed by atoms with E-state index in [0.717, 1.165) is 5.56 Å². The van der Waals surface area contributed by atoms with E-state index in [1.165, 1.54) is 11.2 Å². The van der Waals surface area contributed by atoms with Gasteiger partial charge in [-0.05, 0) is 24.3 Å². The average Bonchev–Trinajstić information content (AvgIpc) is 3.36. The van der Waals surface area contributed by atoms with Crippen LogP contribution < -0.4 is 5.32 Å². The topological polar surface area (TPSA) is 88.6 Å². The third kappa shape index (κ3) is 5.23. The lowest BCUT2D eigenvalue weighted by molar-refractivity contribution is -0.134. The summed E-state index contributed by atoms with van der Waals surface area (Å²) < 4.78 is 10.8. The van der Waals surface area contributed by atoms with Crippen molar-refractivity contribution in [1.82, 2.24) is 15.2 Å². The Morgan fingerprint density at radius 2 is 2.04 bits per heavy atom. The zero-order valence-electron chi connectivity index (χ0n) is 15.4. The van der Waals surface area contributed by atoms with Crippen LogP contribution in [0.1, 0.15) is 18.1 Å². The molecule has 0 spiro atoms. The van der Waals surface area contributed by atoms with Crippen molar-refractivity contribution in [2.45, 2.75) is 19.4 Å². The van der Waals surface area contributed by atoms with Gasteiger partial charge in [-0.15, -0.1) is 0 Å². The first-order valence-corrected chi connectivity index (χ1v) is 9.13. The second kappa shape index (κ2) is 9.23. The summed E-state index contributed by atoms with van der Waals surface area (Å²) in [5.74, 6) is 1.22. The molecule has 1 aromatic carbocycles. The molecular weight excluding hydrogens is 382 g/mol. The van der Waals surface area contributed by atoms with Crippen molar-refractivity contribution < 1.29 is 18.4 Å². The van der Waals surface area contributed by atoms with Crippen LogP contribution in [0.3, 0.4) is 0 Å². The second-order valence-corrected chi connectivity index (χ2v) is 6.61. The van der Waals surface area contributed by atoms with Crippen LogP contribution in [0.2, 0.25) is 5.02 Å². The molecule has 2 amide bonds. The fourth-order valence-electron chi connectivity index (χ4n) is 2.57. The number of oxazole rings is 1. The number of aromatic nitrogens is 1. The predicted octanol–water partition coefficient (Wildman–Crippen LogP) is 3.30. The van der Waals surface area contributed by atoms with Gasteiger partial charge in [0.15, 0.2) is 11.7 Å². The molecule has 0 aliphatic heterocycles. The minimum absolute atomic E-state index is 0.0317. The summed E-state index contributed by atoms with van der Waals surface area (Å²) in [7, 11) is 1.58. The van der Waals surface area contributed by atoms with E-state index in [9.17, 15) is 9.59 Å². The van der Waals surface area contributed by atoms with Gasteiger partial charge in [0.25, 0.3) is 0 Å². The largest absolute Gasteiger partial charge is 0.467 e. The van der Waals surface area contributed by atoms with E-state index in [4.69, 9.17) is 20.4 Å². The van der Waals surface area contributed by atoms with Crippen LogP contribution in [0, 0.1) is 0 Å². The maximum Gasteiger partial charge on any atom is 0.239 e. The van der Waals surface area contributed by atoms with Crippen LogP contribution in [0.15, 0.2) is 57.7 Å². The van der Waals surface area contributed by atoms with Crippen molar-refractivity contribution in [1.29, 1.82) is 0 Å². The highest BCUT2D eigenvalue weighted by molar-refractivity contribution is 6.33. The Morgan fingerprint density at radius 1 is 1.21 bits per heavy atom. The van der Waals surface area contributed by atoms with Crippen LogP contribution in [0.4, 0.5) is 0 Å². The third-order valence-corrected chi connectivity index (χ3v) is 4.42. The van der Waals surface area contributed by atoms with E-state index in [2.05, 4.69) is 10.3 Å². The number of benzene rings is 1. The molecule has 0 saturated heterocycles. The summed E-state index contributed by atoms with van der Waals surface area (Å²) in [6.07, 6.45) is 3.65. The fourth-order valence-corrected chi connectivity index (χ4v) is 2.80. The molecule has 2 aromatic heterocycles. The van der Waals surface area contributed by atoms with Crippen molar-refractivity contribution in [3.8, 4) is 11.3 Å². The summed E-state index contributed by atoms with van der Waals surface area (Å²) in [5, 5.41) is 3.27. The molecule has 3 rings (SSSR count). The second-order valence-electron chi connectivity index (χ2n) is 6.20. The van der Waals surface area contributed by atoms with E-state index in [-0.39, 0.29) is 31.3 Å². The van der Waals surface area contributed by atoms with Crippen molar-refractivity contribution in [2.24, 2.45) is 0 Å². The lowest BCUT2D eigenvalue weighted by Crippen LogP contribution is -2.38. The van der Waals surface area contributed by atoms with Crippen molar-refractivity contribution in [3.63, 3.8) is 0 Å². The smallest absolute Gasteiger partial charge is 0.239 e. The van der Waals surface area contributed by atoms with Gasteiger partial charge in [0.1, 0.15) is 5.76 Å². The van der Waals surface area contributed by atoms with Crippen molar-refractivity contribution >= 4 is 23.4 Å². The van der Waals surface area contributed by atoms with Gasteiger partial charge < -0.3 is 19.1 Å². The lowest BCUT2D eigenvalue weighted by atomic mass is 10.2. The number of amides is 2. The lowest BCUT2D eigenvalue weighted by Gasteiger charge is -2.16. The van der Waals surface area contributed by atoms with Gasteiger partial charge in [-0.1, -0.05) is 23.7 Å². The summed E-state index contributed by atoms with van der Waals surface area (Å²) in [4.78, 5) is 29.8. The normalized spacial score (nSPS) is 10.6. The van der Waals surface area contributed by atoms with Gasteiger partial charge in [0.2, 0.25) is 11.8 Å². The number of halogens is 1. The number of hydrogen-bond acceptors (Lipinski definition) is 5. The standard InChI is InChI=1S/C20H20ClN3O4/c1-24(13-18(25)22-11-14-5-4-10-27-14)20(26)9-8-19-23-12-17(28-19)15-6-2-3-7-16(15)21/h2-7,10,12H,8-9,11,13H2,1H3,(H,22,25). The Kier molecular flexibility index (Phi) is 6.49. The monoisotopic (exact) mass is 401 g/mol. The first kappa shape index (κ1) is 19.7. The van der Waals surface area contributed by atoms with E-state index in [0.29, 0.717) is 28.9 Å². The summed E-state index contributed by atoms with van der Waals surface area (Å²) in [6, 6.07) is 10.8. The Morgan fingerprint density at radius 3 is 2.79 bits per heavy atom. The number of rotatable bonds is 8. The molecule has 8 heteroatoms. The number of nitrogens with zero attached hydrogens (tertiary/aromatic N) is 2. The number of aryl methyl sites for hydroxylation is 1. The Bertz CT molecular complexity index is 937. The number of carbonyl (C=O) groups excluding carboxylic acids is 2. The zero-order valence-corrected chi connectivity index (χ0v) is 16.1. The molecule has 0 radical (unpaired) electrons. The Labute approximate surface area is 167 Å². The van der Waals surface area contributed by atoms with E-state index < -0.39 is 0 Å². The molecule has 1 N–H and O–H groups in total. The highest BCUT2D eigenvalue weighted by Gasteiger charge is 2.15. The molecule has 0 aliphatic rings. The summed E-state index contributed by atoms with van der Waals surface area (Å²) in [6.45, 7) is 0.255. The minimum Gasteiger partial charge on any atom is -0.467 e. The molecule has 0 unspecified atom stereocenters. The summed E-state index contributed by atoms with van der Waals surface area (Å²) in [5.41, 5.74) is 0.750. The molecule has 0 bridgehead atoms. The van der Waals surface area contributed by atoms with E-state index >= 15 is 0 Å². The van der Waals surface area contributed by atoms with Gasteiger partial charge in [-0.25, -0.2) is 4.98 Å². The van der Waals surface area contributed by atoms with Crippen molar-refractivity contribution in [2.75, 3.05) is 13.6 Å². The molecule has 0 aliphatic carbocycles. The van der Waals surface area contributed by atoms with Gasteiger partial charge in [-0.3, -0.25) is 9.59 Å². The molecule has 146 valence electrons. The number of furan rings is 1. The van der Waals surface area contributed by atoms with Crippen LogP contribution in [0.5, 0.6) is 0 Å². The zero-order chi connectivity index (χ0) is 19.9. The Balaban J connectivity index is 1.46. The molecule has 0 saturated carbocycles. The average molecular weight is 402 g/mol. The maximum absolute atomic E-state index is 12.3. The predicted molar refractivity (Wildman–Crippen MR) is 103 cm³/mol. The molecule has 28 heavy (non-hydrogen) atoms. The van der Waals surface area contributed by atoms with E-state index in [1.807, 2.05) is 18.2 Å². The van der Waals surface area contributed by atoms with Gasteiger partial charge >= 0.3 is 0 Å². The first-order valence-electron chi connectivity index (χ1n) is 8.75. The van der Waals surface area contributed by atoms with Gasteiger partial charge in [0, 0.05) is 25.5 Å². The molecule has 7 nitrogen and oxygen atoms in total. The highest BCUT2D eigenvalue weighted by Crippen LogP contribution is 2.28. The first-order chi connectivity index (χ1) is 13.5. The van der Waals surface area contributed by atoms with Crippen LogP contribution in [-0.2, 0) is 22.6 Å². The Hall–Kier alpha value is -3.06.